The van der Waals surface area contributed by atoms with Crippen LogP contribution >= 0.6 is 11.5 Å². The van der Waals surface area contributed by atoms with Crippen molar-refractivity contribution in [1.82, 2.24) is 4.37 Å². The molecule has 10 heavy (non-hydrogen) atoms. The first-order chi connectivity index (χ1) is 4.70. The van der Waals surface area contributed by atoms with Gasteiger partial charge in [-0.2, -0.15) is 0 Å². The number of hydrogen-bond donors (Lipinski definition) is 0. The molecule has 0 atom stereocenters. The number of nitrogens with zero attached hydrogens (tertiary/aromatic N) is 1. The summed E-state index contributed by atoms with van der Waals surface area (Å²) in [5.41, 5.74) is 2.58. The van der Waals surface area contributed by atoms with Crippen molar-refractivity contribution in [3.8, 4) is 0 Å². The molecule has 0 amide bonds. The van der Waals surface area contributed by atoms with Gasteiger partial charge in [0.2, 0.25) is 0 Å². The van der Waals surface area contributed by atoms with Gasteiger partial charge in [-0.3, -0.25) is 0 Å². The highest BCUT2D eigenvalue weighted by Crippen LogP contribution is 2.14. The van der Waals surface area contributed by atoms with Crippen LogP contribution in [0.4, 0.5) is 0 Å². The molecule has 0 fully saturated rings. The van der Waals surface area contributed by atoms with Crippen molar-refractivity contribution < 1.29 is 0 Å². The van der Waals surface area contributed by atoms with Crippen LogP contribution in [-0.2, 0) is 0 Å². The van der Waals surface area contributed by atoms with E-state index in [1.165, 1.54) is 16.0 Å². The second-order valence-electron chi connectivity index (χ2n) is 2.56. The van der Waals surface area contributed by atoms with Crippen LogP contribution in [0, 0.1) is 6.92 Å². The molecule has 0 saturated heterocycles. The fourth-order valence-corrected chi connectivity index (χ4v) is 1.30. The van der Waals surface area contributed by atoms with Crippen molar-refractivity contribution in [3.05, 3.63) is 22.2 Å². The molecule has 0 aliphatic heterocycles. The standard InChI is InChI=1S/C8H11NS/c1-6(2)4-8-5-9-10-7(8)3/h4-5H,1-3H3. The molecule has 0 saturated carbocycles. The van der Waals surface area contributed by atoms with E-state index in [0.717, 1.165) is 0 Å². The summed E-state index contributed by atoms with van der Waals surface area (Å²) in [5.74, 6) is 0. The Labute approximate surface area is 65.6 Å². The van der Waals surface area contributed by atoms with Crippen LogP contribution in [0.15, 0.2) is 11.8 Å². The Bertz CT molecular complexity index is 244. The number of allylic oxidation sites excluding steroid dienone is 1. The quantitative estimate of drug-likeness (QED) is 0.604. The molecule has 1 aromatic heterocycles. The van der Waals surface area contributed by atoms with Gasteiger partial charge in [0.15, 0.2) is 0 Å². The number of rotatable bonds is 1. The molecule has 1 nitrogen and oxygen atoms in total. The van der Waals surface area contributed by atoms with Crippen LogP contribution in [0.1, 0.15) is 24.3 Å². The van der Waals surface area contributed by atoms with E-state index in [0.29, 0.717) is 0 Å². The van der Waals surface area contributed by atoms with Crippen LogP contribution in [0.5, 0.6) is 0 Å². The first kappa shape index (κ1) is 7.48. The molecule has 2 heteroatoms. The van der Waals surface area contributed by atoms with Gasteiger partial charge in [-0.1, -0.05) is 11.6 Å². The highest BCUT2D eigenvalue weighted by Gasteiger charge is 1.94. The van der Waals surface area contributed by atoms with Crippen LogP contribution in [-0.4, -0.2) is 4.37 Å². The van der Waals surface area contributed by atoms with Crippen LogP contribution < -0.4 is 0 Å². The second-order valence-corrected chi connectivity index (χ2v) is 3.56. The number of aromatic nitrogens is 1. The minimum absolute atomic E-state index is 1.25. The zero-order valence-corrected chi connectivity index (χ0v) is 7.33. The molecular formula is C8H11NS. The lowest BCUT2D eigenvalue weighted by Gasteiger charge is -1.88. The molecular weight excluding hydrogens is 142 g/mol. The van der Waals surface area contributed by atoms with Gasteiger partial charge in [0.1, 0.15) is 0 Å². The number of hydrogen-bond acceptors (Lipinski definition) is 2. The summed E-state index contributed by atoms with van der Waals surface area (Å²) < 4.78 is 4.07. The van der Waals surface area contributed by atoms with E-state index in [1.54, 1.807) is 11.5 Å². The molecule has 0 aromatic carbocycles. The third kappa shape index (κ3) is 1.67. The predicted octanol–water partition coefficient (Wildman–Crippen LogP) is 2.87. The Morgan fingerprint density at radius 2 is 2.30 bits per heavy atom. The van der Waals surface area contributed by atoms with Gasteiger partial charge >= 0.3 is 0 Å². The van der Waals surface area contributed by atoms with E-state index in [4.69, 9.17) is 0 Å². The maximum Gasteiger partial charge on any atom is 0.0482 e. The normalized spacial score (nSPS) is 9.50. The Balaban J connectivity index is 2.95. The summed E-state index contributed by atoms with van der Waals surface area (Å²) >= 11 is 1.55. The van der Waals surface area contributed by atoms with E-state index < -0.39 is 0 Å². The Kier molecular flexibility index (Phi) is 2.22. The second kappa shape index (κ2) is 2.97. The van der Waals surface area contributed by atoms with Gasteiger partial charge in [0.25, 0.3) is 0 Å². The monoisotopic (exact) mass is 153 g/mol. The van der Waals surface area contributed by atoms with Crippen LogP contribution in [0.25, 0.3) is 6.08 Å². The highest BCUT2D eigenvalue weighted by molar-refractivity contribution is 7.05. The van der Waals surface area contributed by atoms with E-state index in [2.05, 4.69) is 31.2 Å². The average molecular weight is 153 g/mol. The number of aryl methyl sites for hydroxylation is 1. The third-order valence-electron chi connectivity index (χ3n) is 1.23. The minimum atomic E-state index is 1.25. The lowest BCUT2D eigenvalue weighted by atomic mass is 10.2. The zero-order chi connectivity index (χ0) is 7.56. The van der Waals surface area contributed by atoms with Crippen molar-refractivity contribution in [2.45, 2.75) is 20.8 Å². The summed E-state index contributed by atoms with van der Waals surface area (Å²) in [5, 5.41) is 0. The molecule has 0 aliphatic rings. The van der Waals surface area contributed by atoms with Gasteiger partial charge in [-0.15, -0.1) is 0 Å². The van der Waals surface area contributed by atoms with Gasteiger partial charge in [0.05, 0.1) is 0 Å². The molecule has 1 heterocycles. The summed E-state index contributed by atoms with van der Waals surface area (Å²) in [6, 6.07) is 0. The largest absolute Gasteiger partial charge is 0.200 e. The van der Waals surface area contributed by atoms with Crippen molar-refractivity contribution in [3.63, 3.8) is 0 Å². The maximum absolute atomic E-state index is 4.07. The smallest absolute Gasteiger partial charge is 0.0482 e. The molecule has 54 valence electrons. The first-order valence-electron chi connectivity index (χ1n) is 3.26. The fourth-order valence-electron chi connectivity index (χ4n) is 0.756. The lowest BCUT2D eigenvalue weighted by Crippen LogP contribution is -1.69. The summed E-state index contributed by atoms with van der Waals surface area (Å²) in [6.45, 7) is 6.28. The van der Waals surface area contributed by atoms with Crippen molar-refractivity contribution in [1.29, 1.82) is 0 Å². The van der Waals surface area contributed by atoms with E-state index in [-0.39, 0.29) is 0 Å². The van der Waals surface area contributed by atoms with Gasteiger partial charge in [0, 0.05) is 16.6 Å². The van der Waals surface area contributed by atoms with Gasteiger partial charge in [-0.05, 0) is 32.3 Å². The van der Waals surface area contributed by atoms with E-state index in [1.807, 2.05) is 6.20 Å². The first-order valence-corrected chi connectivity index (χ1v) is 4.03. The summed E-state index contributed by atoms with van der Waals surface area (Å²) in [7, 11) is 0. The molecule has 0 aliphatic carbocycles. The Morgan fingerprint density at radius 3 is 2.70 bits per heavy atom. The molecule has 0 N–H and O–H groups in total. The lowest BCUT2D eigenvalue weighted by molar-refractivity contribution is 1.41. The van der Waals surface area contributed by atoms with Crippen LogP contribution in [0.3, 0.4) is 0 Å². The molecule has 0 spiro atoms. The minimum Gasteiger partial charge on any atom is -0.200 e. The van der Waals surface area contributed by atoms with Crippen LogP contribution in [0.2, 0.25) is 0 Å². The van der Waals surface area contributed by atoms with Gasteiger partial charge < -0.3 is 0 Å². The summed E-state index contributed by atoms with van der Waals surface area (Å²) in [4.78, 5) is 1.29. The Morgan fingerprint density at radius 1 is 1.60 bits per heavy atom. The SMILES string of the molecule is CC(C)=Cc1cnsc1C. The third-order valence-corrected chi connectivity index (χ3v) is 1.95. The molecule has 0 unspecified atom stereocenters. The van der Waals surface area contributed by atoms with E-state index in [9.17, 15) is 0 Å². The summed E-state index contributed by atoms with van der Waals surface area (Å²) in [6.07, 6.45) is 4.06. The topological polar surface area (TPSA) is 12.9 Å². The molecule has 1 rings (SSSR count). The molecule has 1 aromatic rings. The fraction of sp³-hybridized carbons (Fsp3) is 0.375. The van der Waals surface area contributed by atoms with Crippen molar-refractivity contribution in [2.24, 2.45) is 0 Å². The Hall–Kier alpha value is -0.630. The maximum atomic E-state index is 4.07. The molecule has 0 bridgehead atoms. The highest BCUT2D eigenvalue weighted by atomic mass is 32.1. The average Bonchev–Trinajstić information content (AvgIpc) is 2.15. The predicted molar refractivity (Wildman–Crippen MR) is 46.2 cm³/mol. The van der Waals surface area contributed by atoms with E-state index >= 15 is 0 Å². The van der Waals surface area contributed by atoms with Gasteiger partial charge in [-0.25, -0.2) is 4.37 Å². The zero-order valence-electron chi connectivity index (χ0n) is 6.51. The van der Waals surface area contributed by atoms with Crippen molar-refractivity contribution >= 4 is 17.6 Å². The van der Waals surface area contributed by atoms with Crippen molar-refractivity contribution in [2.75, 3.05) is 0 Å². The molecule has 0 radical (unpaired) electrons.